The molecule has 1 atom stereocenters. The van der Waals surface area contributed by atoms with Crippen molar-refractivity contribution in [3.05, 3.63) is 59.2 Å². The average molecular weight is 267 g/mol. The van der Waals surface area contributed by atoms with Gasteiger partial charge in [0.1, 0.15) is 5.75 Å². The van der Waals surface area contributed by atoms with Crippen LogP contribution in [0, 0.1) is 6.92 Å². The van der Waals surface area contributed by atoms with E-state index in [0.29, 0.717) is 11.8 Å². The normalized spacial score (nSPS) is 17.6. The quantitative estimate of drug-likeness (QED) is 0.881. The Balaban J connectivity index is 1.98. The van der Waals surface area contributed by atoms with Crippen molar-refractivity contribution in [2.24, 2.45) is 0 Å². The number of para-hydroxylation sites is 1. The molecule has 3 rings (SSSR count). The molecule has 104 valence electrons. The maximum Gasteiger partial charge on any atom is 0.115 e. The Kier molecular flexibility index (Phi) is 3.39. The summed E-state index contributed by atoms with van der Waals surface area (Å²) in [4.78, 5) is 2.38. The van der Waals surface area contributed by atoms with Gasteiger partial charge in [0.15, 0.2) is 0 Å². The number of aryl methyl sites for hydroxylation is 2. The molecule has 2 aromatic rings. The zero-order chi connectivity index (χ0) is 14.1. The first-order valence-electron chi connectivity index (χ1n) is 7.27. The highest BCUT2D eigenvalue weighted by Gasteiger charge is 2.24. The molecule has 0 heterocycles. The zero-order valence-corrected chi connectivity index (χ0v) is 12.1. The topological polar surface area (TPSA) is 23.5 Å². The summed E-state index contributed by atoms with van der Waals surface area (Å²) < 4.78 is 0. The standard InChI is InChI=1S/C18H21NO/c1-13-6-3-4-8-17(13)19(2)18-9-5-7-14-12-15(20)10-11-16(14)18/h3-4,6,8,10-12,18,20H,5,7,9H2,1-2H3. The fourth-order valence-electron chi connectivity index (χ4n) is 3.30. The summed E-state index contributed by atoms with van der Waals surface area (Å²) >= 11 is 0. The van der Waals surface area contributed by atoms with E-state index in [2.05, 4.69) is 49.2 Å². The number of rotatable bonds is 2. The van der Waals surface area contributed by atoms with Gasteiger partial charge in [0.25, 0.3) is 0 Å². The van der Waals surface area contributed by atoms with Crippen molar-refractivity contribution in [1.82, 2.24) is 0 Å². The molecule has 1 aliphatic rings. The van der Waals surface area contributed by atoms with E-state index < -0.39 is 0 Å². The first-order valence-corrected chi connectivity index (χ1v) is 7.27. The summed E-state index contributed by atoms with van der Waals surface area (Å²) in [6, 6.07) is 14.7. The number of hydrogen-bond donors (Lipinski definition) is 1. The summed E-state index contributed by atoms with van der Waals surface area (Å²) in [6.45, 7) is 2.16. The lowest BCUT2D eigenvalue weighted by molar-refractivity contribution is 0.470. The number of fused-ring (bicyclic) bond motifs is 1. The summed E-state index contributed by atoms with van der Waals surface area (Å²) in [6.07, 6.45) is 3.42. The van der Waals surface area contributed by atoms with Gasteiger partial charge >= 0.3 is 0 Å². The number of nitrogens with zero attached hydrogens (tertiary/aromatic N) is 1. The van der Waals surface area contributed by atoms with Crippen LogP contribution in [-0.2, 0) is 6.42 Å². The Labute approximate surface area is 120 Å². The first-order chi connectivity index (χ1) is 9.66. The van der Waals surface area contributed by atoms with E-state index in [9.17, 15) is 5.11 Å². The number of aromatic hydroxyl groups is 1. The molecule has 0 radical (unpaired) electrons. The van der Waals surface area contributed by atoms with Crippen LogP contribution in [-0.4, -0.2) is 12.2 Å². The molecule has 0 aliphatic heterocycles. The maximum atomic E-state index is 9.66. The molecule has 0 saturated heterocycles. The van der Waals surface area contributed by atoms with E-state index in [1.807, 2.05) is 12.1 Å². The van der Waals surface area contributed by atoms with Crippen LogP contribution < -0.4 is 4.90 Å². The molecule has 2 nitrogen and oxygen atoms in total. The van der Waals surface area contributed by atoms with Gasteiger partial charge in [0, 0.05) is 12.7 Å². The van der Waals surface area contributed by atoms with Crippen molar-refractivity contribution < 1.29 is 5.11 Å². The SMILES string of the molecule is Cc1ccccc1N(C)C1CCCc2cc(O)ccc21. The van der Waals surface area contributed by atoms with E-state index in [1.54, 1.807) is 0 Å². The summed E-state index contributed by atoms with van der Waals surface area (Å²) in [7, 11) is 2.18. The highest BCUT2D eigenvalue weighted by atomic mass is 16.3. The van der Waals surface area contributed by atoms with E-state index in [4.69, 9.17) is 0 Å². The molecule has 1 unspecified atom stereocenters. The first kappa shape index (κ1) is 13.0. The molecular weight excluding hydrogens is 246 g/mol. The van der Waals surface area contributed by atoms with E-state index in [0.717, 1.165) is 6.42 Å². The molecule has 2 aromatic carbocycles. The molecular formula is C18H21NO. The van der Waals surface area contributed by atoms with Crippen molar-refractivity contribution in [2.45, 2.75) is 32.2 Å². The Morgan fingerprint density at radius 3 is 2.75 bits per heavy atom. The minimum absolute atomic E-state index is 0.378. The zero-order valence-electron chi connectivity index (χ0n) is 12.1. The van der Waals surface area contributed by atoms with Gasteiger partial charge in [0.05, 0.1) is 6.04 Å². The van der Waals surface area contributed by atoms with Crippen LogP contribution in [0.1, 0.15) is 35.6 Å². The molecule has 1 aliphatic carbocycles. The van der Waals surface area contributed by atoms with Crippen LogP contribution in [0.2, 0.25) is 0 Å². The smallest absolute Gasteiger partial charge is 0.115 e. The number of hydrogen-bond acceptors (Lipinski definition) is 2. The second-order valence-electron chi connectivity index (χ2n) is 5.69. The number of anilines is 1. The Bertz CT molecular complexity index is 621. The third kappa shape index (κ3) is 2.26. The summed E-state index contributed by atoms with van der Waals surface area (Å²) in [5, 5.41) is 9.66. The van der Waals surface area contributed by atoms with Crippen LogP contribution in [0.15, 0.2) is 42.5 Å². The Morgan fingerprint density at radius 2 is 1.95 bits per heavy atom. The van der Waals surface area contributed by atoms with Crippen molar-refractivity contribution in [3.63, 3.8) is 0 Å². The van der Waals surface area contributed by atoms with E-state index in [1.165, 1.54) is 35.2 Å². The summed E-state index contributed by atoms with van der Waals surface area (Å²) in [5.74, 6) is 0.378. The van der Waals surface area contributed by atoms with E-state index in [-0.39, 0.29) is 0 Å². The van der Waals surface area contributed by atoms with Crippen LogP contribution in [0.25, 0.3) is 0 Å². The monoisotopic (exact) mass is 267 g/mol. The molecule has 0 aromatic heterocycles. The minimum Gasteiger partial charge on any atom is -0.508 e. The minimum atomic E-state index is 0.378. The largest absolute Gasteiger partial charge is 0.508 e. The molecule has 2 heteroatoms. The van der Waals surface area contributed by atoms with Crippen LogP contribution in [0.4, 0.5) is 5.69 Å². The number of phenols is 1. The fraction of sp³-hybridized carbons (Fsp3) is 0.333. The van der Waals surface area contributed by atoms with Crippen molar-refractivity contribution in [1.29, 1.82) is 0 Å². The van der Waals surface area contributed by atoms with Gasteiger partial charge in [-0.3, -0.25) is 0 Å². The Morgan fingerprint density at radius 1 is 1.15 bits per heavy atom. The van der Waals surface area contributed by atoms with Gasteiger partial charge in [-0.15, -0.1) is 0 Å². The van der Waals surface area contributed by atoms with Gasteiger partial charge in [-0.25, -0.2) is 0 Å². The molecule has 1 N–H and O–H groups in total. The third-order valence-electron chi connectivity index (χ3n) is 4.37. The predicted molar refractivity (Wildman–Crippen MR) is 83.4 cm³/mol. The van der Waals surface area contributed by atoms with E-state index >= 15 is 0 Å². The predicted octanol–water partition coefficient (Wildman–Crippen LogP) is 4.21. The number of benzene rings is 2. The Hall–Kier alpha value is -1.96. The van der Waals surface area contributed by atoms with Crippen LogP contribution in [0.3, 0.4) is 0 Å². The van der Waals surface area contributed by atoms with Gasteiger partial charge < -0.3 is 10.0 Å². The van der Waals surface area contributed by atoms with Gasteiger partial charge in [-0.05, 0) is 61.1 Å². The summed E-state index contributed by atoms with van der Waals surface area (Å²) in [5.41, 5.74) is 5.25. The second-order valence-corrected chi connectivity index (χ2v) is 5.69. The average Bonchev–Trinajstić information content (AvgIpc) is 2.46. The van der Waals surface area contributed by atoms with Crippen molar-refractivity contribution in [3.8, 4) is 5.75 Å². The molecule has 20 heavy (non-hydrogen) atoms. The van der Waals surface area contributed by atoms with Gasteiger partial charge in [-0.1, -0.05) is 24.3 Å². The maximum absolute atomic E-state index is 9.66. The molecule has 0 spiro atoms. The second kappa shape index (κ2) is 5.20. The highest BCUT2D eigenvalue weighted by Crippen LogP contribution is 2.38. The van der Waals surface area contributed by atoms with Crippen molar-refractivity contribution >= 4 is 5.69 Å². The molecule has 0 amide bonds. The van der Waals surface area contributed by atoms with Crippen LogP contribution >= 0.6 is 0 Å². The van der Waals surface area contributed by atoms with Crippen LogP contribution in [0.5, 0.6) is 5.75 Å². The highest BCUT2D eigenvalue weighted by molar-refractivity contribution is 5.55. The lowest BCUT2D eigenvalue weighted by atomic mass is 9.86. The lowest BCUT2D eigenvalue weighted by Gasteiger charge is -2.35. The molecule has 0 saturated carbocycles. The molecule has 0 bridgehead atoms. The molecule has 0 fully saturated rings. The third-order valence-corrected chi connectivity index (χ3v) is 4.37. The lowest BCUT2D eigenvalue weighted by Crippen LogP contribution is -2.28. The van der Waals surface area contributed by atoms with Gasteiger partial charge in [-0.2, -0.15) is 0 Å². The fourth-order valence-corrected chi connectivity index (χ4v) is 3.30. The number of phenolic OH excluding ortho intramolecular Hbond substituents is 1. The van der Waals surface area contributed by atoms with Crippen molar-refractivity contribution in [2.75, 3.05) is 11.9 Å². The van der Waals surface area contributed by atoms with Gasteiger partial charge in [0.2, 0.25) is 0 Å².